The summed E-state index contributed by atoms with van der Waals surface area (Å²) in [5, 5.41) is 1.20. The number of rotatable bonds is 3. The van der Waals surface area contributed by atoms with Crippen molar-refractivity contribution in [3.8, 4) is 0 Å². The molecule has 3 aliphatic heterocycles. The molecule has 3 fully saturated rings. The van der Waals surface area contributed by atoms with Crippen molar-refractivity contribution in [2.45, 2.75) is 44.2 Å². The highest BCUT2D eigenvalue weighted by Crippen LogP contribution is 2.54. The van der Waals surface area contributed by atoms with E-state index >= 15 is 0 Å². The normalized spacial score (nSPS) is 35.5. The zero-order valence-corrected chi connectivity index (χ0v) is 15.2. The van der Waals surface area contributed by atoms with Gasteiger partial charge in [-0.1, -0.05) is 29.3 Å². The molecule has 5 atom stereocenters. The monoisotopic (exact) mass is 365 g/mol. The molecule has 0 radical (unpaired) electrons. The van der Waals surface area contributed by atoms with Crippen molar-refractivity contribution < 1.29 is 9.53 Å². The number of carbonyl (C=O) groups is 1. The number of carbonyl (C=O) groups excluding carboxylic acids is 1. The predicted molar refractivity (Wildman–Crippen MR) is 95.5 cm³/mol. The molecule has 0 aromatic heterocycles. The summed E-state index contributed by atoms with van der Waals surface area (Å²) in [5.41, 5.74) is 2.46. The van der Waals surface area contributed by atoms with E-state index in [-0.39, 0.29) is 5.97 Å². The number of halogens is 2. The summed E-state index contributed by atoms with van der Waals surface area (Å²) < 4.78 is 5.14. The van der Waals surface area contributed by atoms with E-state index in [4.69, 9.17) is 27.9 Å². The molecule has 1 aromatic rings. The molecule has 0 amide bonds. The van der Waals surface area contributed by atoms with Gasteiger partial charge in [0, 0.05) is 30.6 Å². The molecule has 5 heteroatoms. The molecule has 3 nitrogen and oxygen atoms in total. The summed E-state index contributed by atoms with van der Waals surface area (Å²) in [4.78, 5) is 14.6. The first-order valence-electron chi connectivity index (χ1n) is 8.66. The van der Waals surface area contributed by atoms with Crippen LogP contribution < -0.4 is 0 Å². The lowest BCUT2D eigenvalue weighted by Gasteiger charge is -2.37. The van der Waals surface area contributed by atoms with Gasteiger partial charge in [0.25, 0.3) is 0 Å². The van der Waals surface area contributed by atoms with E-state index in [0.717, 1.165) is 13.0 Å². The zero-order valence-electron chi connectivity index (χ0n) is 13.7. The highest BCUT2D eigenvalue weighted by atomic mass is 35.5. The predicted octanol–water partition coefficient (Wildman–Crippen LogP) is 4.43. The smallest absolute Gasteiger partial charge is 0.330 e. The Morgan fingerprint density at radius 3 is 2.92 bits per heavy atom. The Morgan fingerprint density at radius 1 is 1.33 bits per heavy atom. The van der Waals surface area contributed by atoms with Crippen LogP contribution in [0.4, 0.5) is 0 Å². The minimum atomic E-state index is -0.218. The summed E-state index contributed by atoms with van der Waals surface area (Å²) in [5.74, 6) is 0.562. The highest BCUT2D eigenvalue weighted by Gasteiger charge is 2.53. The summed E-state index contributed by atoms with van der Waals surface area (Å²) >= 11 is 12.3. The van der Waals surface area contributed by atoms with Crippen LogP contribution in [0.2, 0.25) is 10.0 Å². The first-order valence-corrected chi connectivity index (χ1v) is 9.42. The Kier molecular flexibility index (Phi) is 4.36. The lowest BCUT2D eigenvalue weighted by atomic mass is 9.76. The van der Waals surface area contributed by atoms with Gasteiger partial charge in [-0.3, -0.25) is 4.90 Å². The van der Waals surface area contributed by atoms with E-state index in [2.05, 4.69) is 11.0 Å². The van der Waals surface area contributed by atoms with Gasteiger partial charge in [-0.05, 0) is 55.4 Å². The van der Waals surface area contributed by atoms with Gasteiger partial charge in [0.1, 0.15) is 0 Å². The van der Waals surface area contributed by atoms with Gasteiger partial charge in [-0.25, -0.2) is 4.79 Å². The number of hydrogen-bond acceptors (Lipinski definition) is 3. The molecule has 0 aliphatic carbocycles. The number of hydrogen-bond donors (Lipinski definition) is 0. The summed E-state index contributed by atoms with van der Waals surface area (Å²) in [6, 6.07) is 7.14. The molecule has 1 aromatic carbocycles. The summed E-state index contributed by atoms with van der Waals surface area (Å²) in [6.07, 6.45) is 5.33. The van der Waals surface area contributed by atoms with E-state index in [9.17, 15) is 4.79 Å². The molecule has 0 saturated carbocycles. The van der Waals surface area contributed by atoms with Crippen molar-refractivity contribution in [2.75, 3.05) is 13.2 Å². The molecule has 4 rings (SSSR count). The average Bonchev–Trinajstić information content (AvgIpc) is 2.95. The van der Waals surface area contributed by atoms with E-state index in [1.165, 1.54) is 24.0 Å². The van der Waals surface area contributed by atoms with Crippen molar-refractivity contribution in [3.05, 3.63) is 45.5 Å². The number of esters is 1. The molecular weight excluding hydrogens is 345 g/mol. The van der Waals surface area contributed by atoms with Crippen LogP contribution in [0.1, 0.15) is 37.7 Å². The van der Waals surface area contributed by atoms with Crippen LogP contribution in [-0.4, -0.2) is 36.1 Å². The van der Waals surface area contributed by atoms with E-state index in [1.54, 1.807) is 6.08 Å². The molecule has 1 unspecified atom stereocenters. The Morgan fingerprint density at radius 2 is 2.17 bits per heavy atom. The molecule has 3 heterocycles. The van der Waals surface area contributed by atoms with Crippen LogP contribution >= 0.6 is 23.2 Å². The molecule has 0 N–H and O–H groups in total. The lowest BCUT2D eigenvalue weighted by Crippen LogP contribution is -2.40. The van der Waals surface area contributed by atoms with Gasteiger partial charge in [-0.2, -0.15) is 0 Å². The fourth-order valence-corrected chi connectivity index (χ4v) is 5.25. The molecule has 3 saturated heterocycles. The molecule has 24 heavy (non-hydrogen) atoms. The summed E-state index contributed by atoms with van der Waals surface area (Å²) in [7, 11) is 0. The van der Waals surface area contributed by atoms with Crippen molar-refractivity contribution in [2.24, 2.45) is 5.92 Å². The molecule has 3 aliphatic rings. The summed E-state index contributed by atoms with van der Waals surface area (Å²) in [6.45, 7) is 3.16. The van der Waals surface area contributed by atoms with Gasteiger partial charge < -0.3 is 4.74 Å². The first kappa shape index (κ1) is 16.4. The molecular formula is C19H21Cl2NO2. The van der Waals surface area contributed by atoms with Gasteiger partial charge in [0.05, 0.1) is 16.7 Å². The fourth-order valence-electron chi connectivity index (χ4n) is 4.94. The average molecular weight is 366 g/mol. The largest absolute Gasteiger partial charge is 0.463 e. The van der Waals surface area contributed by atoms with Gasteiger partial charge in [0.2, 0.25) is 0 Å². The highest BCUT2D eigenvalue weighted by molar-refractivity contribution is 6.42. The van der Waals surface area contributed by atoms with Crippen LogP contribution in [0.15, 0.2) is 29.8 Å². The Bertz CT molecular complexity index is 703. The van der Waals surface area contributed by atoms with Crippen molar-refractivity contribution in [3.63, 3.8) is 0 Å². The zero-order chi connectivity index (χ0) is 16.8. The Labute approximate surface area is 152 Å². The van der Waals surface area contributed by atoms with Crippen molar-refractivity contribution in [1.29, 1.82) is 0 Å². The minimum absolute atomic E-state index is 0.218. The maximum Gasteiger partial charge on any atom is 0.330 e. The Balaban J connectivity index is 1.70. The minimum Gasteiger partial charge on any atom is -0.463 e. The lowest BCUT2D eigenvalue weighted by molar-refractivity contribution is -0.137. The van der Waals surface area contributed by atoms with Crippen molar-refractivity contribution >= 4 is 29.2 Å². The fraction of sp³-hybridized carbons (Fsp3) is 0.526. The standard InChI is InChI=1S/C19H21Cl2NO2/c1-2-24-18(23)8-12-10-22-13-4-6-17(22)19(12)14(9-13)11-3-5-15(20)16(21)7-11/h3,5,7-8,13-14,17,19H,2,4,6,9-10H2,1H3/t13-,14+,17+,19-/m0/s1. The quantitative estimate of drug-likeness (QED) is 0.585. The van der Waals surface area contributed by atoms with Gasteiger partial charge >= 0.3 is 5.97 Å². The van der Waals surface area contributed by atoms with Crippen LogP contribution in [0.25, 0.3) is 0 Å². The van der Waals surface area contributed by atoms with E-state index in [1.807, 2.05) is 19.1 Å². The Hall–Kier alpha value is -1.03. The molecule has 0 spiro atoms. The third-order valence-electron chi connectivity index (χ3n) is 5.82. The van der Waals surface area contributed by atoms with Gasteiger partial charge in [0.15, 0.2) is 0 Å². The number of nitrogens with zero attached hydrogens (tertiary/aromatic N) is 1. The van der Waals surface area contributed by atoms with Crippen LogP contribution in [-0.2, 0) is 9.53 Å². The van der Waals surface area contributed by atoms with Crippen molar-refractivity contribution in [1.82, 2.24) is 4.90 Å². The van der Waals surface area contributed by atoms with Crippen LogP contribution in [0.5, 0.6) is 0 Å². The van der Waals surface area contributed by atoms with Crippen LogP contribution in [0.3, 0.4) is 0 Å². The molecule has 4 bridgehead atoms. The second-order valence-electron chi connectivity index (χ2n) is 6.98. The van der Waals surface area contributed by atoms with E-state index < -0.39 is 0 Å². The van der Waals surface area contributed by atoms with Gasteiger partial charge in [-0.15, -0.1) is 0 Å². The topological polar surface area (TPSA) is 29.5 Å². The maximum atomic E-state index is 12.0. The van der Waals surface area contributed by atoms with Crippen LogP contribution in [0, 0.1) is 5.92 Å². The SMILES string of the molecule is CCOC(=O)C=C1CN2[C@H]3CC[C@@H]2[C@@H]1[C@@H](c1ccc(Cl)c(Cl)c1)C3. The second kappa shape index (κ2) is 6.36. The van der Waals surface area contributed by atoms with E-state index in [0.29, 0.717) is 40.6 Å². The third-order valence-corrected chi connectivity index (χ3v) is 6.56. The number of piperidine rings is 1. The second-order valence-corrected chi connectivity index (χ2v) is 7.80. The number of benzene rings is 1. The third kappa shape index (κ3) is 2.67. The maximum absolute atomic E-state index is 12.0. The first-order chi connectivity index (χ1) is 11.6. The molecule has 128 valence electrons. The number of ether oxygens (including phenoxy) is 1.